The average Bonchev–Trinajstić information content (AvgIpc) is 3.17. The van der Waals surface area contributed by atoms with E-state index in [1.165, 1.54) is 11.3 Å². The lowest BCUT2D eigenvalue weighted by molar-refractivity contribution is 0.277. The van der Waals surface area contributed by atoms with Crippen molar-refractivity contribution in [2.45, 2.75) is 26.4 Å². The van der Waals surface area contributed by atoms with Crippen molar-refractivity contribution in [2.24, 2.45) is 0 Å². The van der Waals surface area contributed by atoms with E-state index in [4.69, 9.17) is 4.42 Å². The Balaban J connectivity index is 2.11. The standard InChI is InChI=1S/C12H13N5O2S/c1-7(2)11-14-15-12(20-11)17-10(8(6-18)13-16-17)9-4-3-5-19-9/h3-5,7,18H,6H2,1-2H3. The molecule has 0 spiro atoms. The van der Waals surface area contributed by atoms with Gasteiger partial charge in [0, 0.05) is 5.92 Å². The minimum Gasteiger partial charge on any atom is -0.463 e. The summed E-state index contributed by atoms with van der Waals surface area (Å²) in [4.78, 5) is 0. The number of aliphatic hydroxyl groups excluding tert-OH is 1. The highest BCUT2D eigenvalue weighted by molar-refractivity contribution is 7.13. The molecule has 104 valence electrons. The molecule has 20 heavy (non-hydrogen) atoms. The van der Waals surface area contributed by atoms with Crippen LogP contribution in [-0.4, -0.2) is 30.3 Å². The van der Waals surface area contributed by atoms with E-state index in [-0.39, 0.29) is 6.61 Å². The van der Waals surface area contributed by atoms with Gasteiger partial charge in [-0.25, -0.2) is 0 Å². The summed E-state index contributed by atoms with van der Waals surface area (Å²) in [5, 5.41) is 27.2. The lowest BCUT2D eigenvalue weighted by Gasteiger charge is -2.00. The van der Waals surface area contributed by atoms with Crippen LogP contribution in [0.4, 0.5) is 0 Å². The fraction of sp³-hybridized carbons (Fsp3) is 0.333. The van der Waals surface area contributed by atoms with E-state index in [9.17, 15) is 5.11 Å². The molecule has 0 unspecified atom stereocenters. The first kappa shape index (κ1) is 12.9. The Morgan fingerprint density at radius 3 is 2.80 bits per heavy atom. The van der Waals surface area contributed by atoms with E-state index in [1.54, 1.807) is 23.1 Å². The van der Waals surface area contributed by atoms with E-state index in [2.05, 4.69) is 34.4 Å². The summed E-state index contributed by atoms with van der Waals surface area (Å²) in [5.74, 6) is 0.884. The molecule has 3 heterocycles. The van der Waals surface area contributed by atoms with Crippen LogP contribution >= 0.6 is 11.3 Å². The molecular formula is C12H13N5O2S. The predicted molar refractivity (Wildman–Crippen MR) is 72.5 cm³/mol. The maximum atomic E-state index is 9.38. The molecule has 0 fully saturated rings. The molecule has 7 nitrogen and oxygen atoms in total. The Labute approximate surface area is 118 Å². The molecule has 3 aromatic rings. The molecule has 0 bridgehead atoms. The summed E-state index contributed by atoms with van der Waals surface area (Å²) < 4.78 is 6.93. The number of aliphatic hydroxyl groups is 1. The van der Waals surface area contributed by atoms with Crippen LogP contribution in [0, 0.1) is 0 Å². The minimum absolute atomic E-state index is 0.216. The Bertz CT molecular complexity index is 701. The average molecular weight is 291 g/mol. The maximum Gasteiger partial charge on any atom is 0.234 e. The van der Waals surface area contributed by atoms with Crippen LogP contribution in [0.5, 0.6) is 0 Å². The summed E-state index contributed by atoms with van der Waals surface area (Å²) in [6, 6.07) is 3.56. The molecule has 0 aliphatic carbocycles. The van der Waals surface area contributed by atoms with E-state index >= 15 is 0 Å². The van der Waals surface area contributed by atoms with E-state index in [0.717, 1.165) is 5.01 Å². The molecule has 0 radical (unpaired) electrons. The molecule has 0 aliphatic heterocycles. The zero-order valence-electron chi connectivity index (χ0n) is 11.0. The van der Waals surface area contributed by atoms with Gasteiger partial charge in [0.25, 0.3) is 0 Å². The quantitative estimate of drug-likeness (QED) is 0.790. The van der Waals surface area contributed by atoms with Gasteiger partial charge in [-0.15, -0.1) is 15.3 Å². The van der Waals surface area contributed by atoms with Gasteiger partial charge in [-0.05, 0) is 12.1 Å². The monoisotopic (exact) mass is 291 g/mol. The van der Waals surface area contributed by atoms with Crippen molar-refractivity contribution in [3.63, 3.8) is 0 Å². The molecule has 0 amide bonds. The minimum atomic E-state index is -0.216. The third-order valence-electron chi connectivity index (χ3n) is 2.75. The van der Waals surface area contributed by atoms with Crippen LogP contribution in [0.15, 0.2) is 22.8 Å². The van der Waals surface area contributed by atoms with Crippen molar-refractivity contribution in [3.8, 4) is 16.6 Å². The molecular weight excluding hydrogens is 278 g/mol. The van der Waals surface area contributed by atoms with Gasteiger partial charge < -0.3 is 9.52 Å². The number of nitrogens with zero attached hydrogens (tertiary/aromatic N) is 5. The van der Waals surface area contributed by atoms with Gasteiger partial charge >= 0.3 is 0 Å². The van der Waals surface area contributed by atoms with Gasteiger partial charge in [-0.1, -0.05) is 30.4 Å². The van der Waals surface area contributed by atoms with Crippen LogP contribution in [0.3, 0.4) is 0 Å². The maximum absolute atomic E-state index is 9.38. The summed E-state index contributed by atoms with van der Waals surface area (Å²) in [6.45, 7) is 3.89. The first-order valence-corrected chi connectivity index (χ1v) is 6.95. The van der Waals surface area contributed by atoms with Crippen molar-refractivity contribution in [1.29, 1.82) is 0 Å². The molecule has 8 heteroatoms. The fourth-order valence-electron chi connectivity index (χ4n) is 1.76. The molecule has 3 rings (SSSR count). The molecule has 0 saturated carbocycles. The fourth-order valence-corrected chi connectivity index (χ4v) is 2.56. The summed E-state index contributed by atoms with van der Waals surface area (Å²) in [5.41, 5.74) is 1.05. The van der Waals surface area contributed by atoms with Crippen molar-refractivity contribution in [1.82, 2.24) is 25.2 Å². The van der Waals surface area contributed by atoms with Crippen LogP contribution in [-0.2, 0) is 6.61 Å². The van der Waals surface area contributed by atoms with Crippen molar-refractivity contribution >= 4 is 11.3 Å². The normalized spacial score (nSPS) is 11.4. The summed E-state index contributed by atoms with van der Waals surface area (Å²) in [7, 11) is 0. The number of rotatable bonds is 4. The van der Waals surface area contributed by atoms with Crippen LogP contribution in [0.1, 0.15) is 30.5 Å². The highest BCUT2D eigenvalue weighted by Crippen LogP contribution is 2.28. The van der Waals surface area contributed by atoms with Crippen LogP contribution in [0.2, 0.25) is 0 Å². The Morgan fingerprint density at radius 2 is 2.20 bits per heavy atom. The van der Waals surface area contributed by atoms with Crippen LogP contribution in [0.25, 0.3) is 16.6 Å². The number of hydrogen-bond acceptors (Lipinski definition) is 7. The second kappa shape index (κ2) is 5.14. The zero-order valence-corrected chi connectivity index (χ0v) is 11.8. The lowest BCUT2D eigenvalue weighted by atomic mass is 10.2. The highest BCUT2D eigenvalue weighted by Gasteiger charge is 2.20. The molecule has 3 aromatic heterocycles. The zero-order chi connectivity index (χ0) is 14.1. The van der Waals surface area contributed by atoms with Gasteiger partial charge in [0.15, 0.2) is 5.76 Å². The first-order chi connectivity index (χ1) is 9.70. The third-order valence-corrected chi connectivity index (χ3v) is 3.95. The second-order valence-corrected chi connectivity index (χ2v) is 5.50. The Kier molecular flexibility index (Phi) is 3.33. The largest absolute Gasteiger partial charge is 0.463 e. The molecule has 1 N–H and O–H groups in total. The van der Waals surface area contributed by atoms with Gasteiger partial charge in [0.2, 0.25) is 5.13 Å². The number of hydrogen-bond donors (Lipinski definition) is 1. The van der Waals surface area contributed by atoms with E-state index in [0.29, 0.717) is 28.2 Å². The van der Waals surface area contributed by atoms with Gasteiger partial charge in [-0.3, -0.25) is 0 Å². The summed E-state index contributed by atoms with van der Waals surface area (Å²) in [6.07, 6.45) is 1.56. The van der Waals surface area contributed by atoms with Gasteiger partial charge in [0.1, 0.15) is 16.4 Å². The third kappa shape index (κ3) is 2.12. The Hall–Kier alpha value is -2.06. The van der Waals surface area contributed by atoms with E-state index < -0.39 is 0 Å². The van der Waals surface area contributed by atoms with Gasteiger partial charge in [-0.2, -0.15) is 4.68 Å². The number of furan rings is 1. The molecule has 0 saturated heterocycles. The van der Waals surface area contributed by atoms with Gasteiger partial charge in [0.05, 0.1) is 12.9 Å². The molecule has 0 aromatic carbocycles. The smallest absolute Gasteiger partial charge is 0.234 e. The first-order valence-electron chi connectivity index (χ1n) is 6.13. The van der Waals surface area contributed by atoms with Crippen LogP contribution < -0.4 is 0 Å². The highest BCUT2D eigenvalue weighted by atomic mass is 32.1. The SMILES string of the molecule is CC(C)c1nnc(-n2nnc(CO)c2-c2ccco2)s1. The molecule has 0 atom stereocenters. The van der Waals surface area contributed by atoms with Crippen molar-refractivity contribution < 1.29 is 9.52 Å². The second-order valence-electron chi connectivity index (χ2n) is 4.51. The number of aromatic nitrogens is 5. The van der Waals surface area contributed by atoms with Crippen molar-refractivity contribution in [2.75, 3.05) is 0 Å². The topological polar surface area (TPSA) is 89.9 Å². The lowest BCUT2D eigenvalue weighted by Crippen LogP contribution is -1.99. The molecule has 0 aliphatic rings. The van der Waals surface area contributed by atoms with Crippen molar-refractivity contribution in [3.05, 3.63) is 29.1 Å². The van der Waals surface area contributed by atoms with E-state index in [1.807, 2.05) is 0 Å². The summed E-state index contributed by atoms with van der Waals surface area (Å²) >= 11 is 1.44. The predicted octanol–water partition coefficient (Wildman–Crippen LogP) is 1.99. The Morgan fingerprint density at radius 1 is 1.35 bits per heavy atom.